The Hall–Kier alpha value is -2.16. The van der Waals surface area contributed by atoms with E-state index in [0.29, 0.717) is 12.4 Å². The molecule has 0 N–H and O–H groups in total. The van der Waals surface area contributed by atoms with Gasteiger partial charge in [0.2, 0.25) is 0 Å². The Labute approximate surface area is 135 Å². The number of benzene rings is 1. The molecule has 1 aliphatic heterocycles. The highest BCUT2D eigenvalue weighted by Crippen LogP contribution is 2.35. The van der Waals surface area contributed by atoms with Crippen molar-refractivity contribution in [2.24, 2.45) is 7.05 Å². The Bertz CT molecular complexity index is 716. The van der Waals surface area contributed by atoms with Crippen molar-refractivity contribution in [2.75, 3.05) is 6.54 Å². The van der Waals surface area contributed by atoms with E-state index in [1.807, 2.05) is 4.90 Å². The lowest BCUT2D eigenvalue weighted by molar-refractivity contribution is -0.275. The van der Waals surface area contributed by atoms with Crippen molar-refractivity contribution in [1.82, 2.24) is 19.7 Å². The van der Waals surface area contributed by atoms with Crippen LogP contribution in [-0.2, 0) is 13.6 Å². The summed E-state index contributed by atoms with van der Waals surface area (Å²) in [6.07, 6.45) is -1.67. The number of hydrogen-bond acceptors (Lipinski definition) is 4. The van der Waals surface area contributed by atoms with Gasteiger partial charge in [-0.3, -0.25) is 4.90 Å². The predicted molar refractivity (Wildman–Crippen MR) is 76.5 cm³/mol. The lowest BCUT2D eigenvalue weighted by Gasteiger charge is -2.25. The molecule has 1 aliphatic rings. The number of hydrogen-bond donors (Lipinski definition) is 0. The van der Waals surface area contributed by atoms with Crippen LogP contribution in [-0.4, -0.2) is 32.6 Å². The zero-order chi connectivity index (χ0) is 17.3. The summed E-state index contributed by atoms with van der Waals surface area (Å²) in [5.74, 6) is -0.520. The molecule has 2 aromatic rings. The molecule has 0 unspecified atom stereocenters. The summed E-state index contributed by atoms with van der Waals surface area (Å²) in [5.41, 5.74) is -0.108. The molecule has 1 aromatic heterocycles. The van der Waals surface area contributed by atoms with Gasteiger partial charge in [-0.2, -0.15) is 0 Å². The van der Waals surface area contributed by atoms with E-state index in [1.54, 1.807) is 17.9 Å². The van der Waals surface area contributed by atoms with E-state index in [0.717, 1.165) is 25.0 Å². The maximum atomic E-state index is 14.1. The van der Waals surface area contributed by atoms with Crippen molar-refractivity contribution in [1.29, 1.82) is 0 Å². The van der Waals surface area contributed by atoms with E-state index in [-0.39, 0.29) is 18.2 Å². The second kappa shape index (κ2) is 6.39. The van der Waals surface area contributed by atoms with Crippen LogP contribution in [0, 0.1) is 5.82 Å². The van der Waals surface area contributed by atoms with Crippen molar-refractivity contribution in [3.8, 4) is 5.75 Å². The van der Waals surface area contributed by atoms with Gasteiger partial charge in [-0.05, 0) is 31.5 Å². The maximum Gasteiger partial charge on any atom is 0.573 e. The summed E-state index contributed by atoms with van der Waals surface area (Å²) in [7, 11) is 1.80. The topological polar surface area (TPSA) is 43.2 Å². The van der Waals surface area contributed by atoms with Gasteiger partial charge in [0.05, 0.1) is 6.04 Å². The summed E-state index contributed by atoms with van der Waals surface area (Å²) >= 11 is 0. The normalized spacial score (nSPS) is 19.0. The number of nitrogens with zero attached hydrogens (tertiary/aromatic N) is 4. The van der Waals surface area contributed by atoms with Gasteiger partial charge in [0.1, 0.15) is 23.7 Å². The van der Waals surface area contributed by atoms with Crippen LogP contribution in [0.4, 0.5) is 17.6 Å². The Morgan fingerprint density at radius 2 is 2.12 bits per heavy atom. The predicted octanol–water partition coefficient (Wildman–Crippen LogP) is 3.19. The Kier molecular flexibility index (Phi) is 4.44. The van der Waals surface area contributed by atoms with Crippen LogP contribution < -0.4 is 4.74 Å². The van der Waals surface area contributed by atoms with Crippen molar-refractivity contribution in [2.45, 2.75) is 31.8 Å². The lowest BCUT2D eigenvalue weighted by Crippen LogP contribution is -2.26. The van der Waals surface area contributed by atoms with Crippen LogP contribution in [0.1, 0.15) is 30.3 Å². The van der Waals surface area contributed by atoms with Crippen molar-refractivity contribution < 1.29 is 22.3 Å². The van der Waals surface area contributed by atoms with Crippen LogP contribution >= 0.6 is 0 Å². The zero-order valence-electron chi connectivity index (χ0n) is 12.9. The molecule has 2 heterocycles. The molecule has 130 valence electrons. The van der Waals surface area contributed by atoms with E-state index in [4.69, 9.17) is 0 Å². The first-order valence-electron chi connectivity index (χ1n) is 7.46. The molecule has 0 radical (unpaired) electrons. The third-order valence-electron chi connectivity index (χ3n) is 4.07. The minimum absolute atomic E-state index is 0.00954. The second-order valence-corrected chi connectivity index (χ2v) is 5.69. The van der Waals surface area contributed by atoms with Crippen LogP contribution in [0.5, 0.6) is 5.75 Å². The molecule has 1 saturated heterocycles. The Morgan fingerprint density at radius 1 is 1.33 bits per heavy atom. The highest BCUT2D eigenvalue weighted by Gasteiger charge is 2.34. The SMILES string of the molecule is Cn1cnnc1[C@@H]1CCCN1Cc1c(F)cccc1OC(F)(F)F. The van der Waals surface area contributed by atoms with E-state index in [2.05, 4.69) is 14.9 Å². The largest absolute Gasteiger partial charge is 0.573 e. The third kappa shape index (κ3) is 3.50. The zero-order valence-corrected chi connectivity index (χ0v) is 12.9. The van der Waals surface area contributed by atoms with Crippen LogP contribution in [0.3, 0.4) is 0 Å². The average molecular weight is 344 g/mol. The fraction of sp³-hybridized carbons (Fsp3) is 0.467. The Balaban J connectivity index is 1.86. The molecule has 5 nitrogen and oxygen atoms in total. The monoisotopic (exact) mass is 344 g/mol. The summed E-state index contributed by atoms with van der Waals surface area (Å²) in [4.78, 5) is 1.89. The van der Waals surface area contributed by atoms with Gasteiger partial charge in [0.25, 0.3) is 0 Å². The highest BCUT2D eigenvalue weighted by molar-refractivity contribution is 5.35. The Morgan fingerprint density at radius 3 is 2.79 bits per heavy atom. The minimum atomic E-state index is -4.86. The molecule has 0 spiro atoms. The van der Waals surface area contributed by atoms with Crippen molar-refractivity contribution >= 4 is 0 Å². The van der Waals surface area contributed by atoms with Gasteiger partial charge in [0, 0.05) is 19.2 Å². The van der Waals surface area contributed by atoms with E-state index < -0.39 is 17.9 Å². The smallest absolute Gasteiger partial charge is 0.405 e. The van der Waals surface area contributed by atoms with Crippen LogP contribution in [0.25, 0.3) is 0 Å². The fourth-order valence-electron chi connectivity index (χ4n) is 3.02. The van der Waals surface area contributed by atoms with Gasteiger partial charge in [-0.25, -0.2) is 4.39 Å². The molecular formula is C15H16F4N4O. The molecule has 0 saturated carbocycles. The number of alkyl halides is 3. The van der Waals surface area contributed by atoms with Gasteiger partial charge < -0.3 is 9.30 Å². The van der Waals surface area contributed by atoms with E-state index in [9.17, 15) is 17.6 Å². The van der Waals surface area contributed by atoms with E-state index >= 15 is 0 Å². The molecule has 1 fully saturated rings. The van der Waals surface area contributed by atoms with Gasteiger partial charge in [-0.1, -0.05) is 6.07 Å². The first-order valence-corrected chi connectivity index (χ1v) is 7.46. The van der Waals surface area contributed by atoms with Crippen LogP contribution in [0.2, 0.25) is 0 Å². The summed E-state index contributed by atoms with van der Waals surface area (Å²) in [5, 5.41) is 7.89. The molecule has 9 heteroatoms. The number of ether oxygens (including phenoxy) is 1. The second-order valence-electron chi connectivity index (χ2n) is 5.69. The highest BCUT2D eigenvalue weighted by atomic mass is 19.4. The maximum absolute atomic E-state index is 14.1. The quantitative estimate of drug-likeness (QED) is 0.799. The standard InChI is InChI=1S/C15H16F4N4O/c1-22-9-20-21-14(22)12-5-3-7-23(12)8-10-11(16)4-2-6-13(10)24-15(17,18)19/h2,4,6,9,12H,3,5,7-8H2,1H3/t12-/m0/s1. The van der Waals surface area contributed by atoms with E-state index in [1.165, 1.54) is 6.07 Å². The van der Waals surface area contributed by atoms with Crippen molar-refractivity contribution in [3.05, 3.63) is 41.7 Å². The summed E-state index contributed by atoms with van der Waals surface area (Å²) < 4.78 is 57.5. The number of rotatable bonds is 4. The molecule has 0 amide bonds. The molecule has 1 atom stereocenters. The minimum Gasteiger partial charge on any atom is -0.405 e. The van der Waals surface area contributed by atoms with Gasteiger partial charge >= 0.3 is 6.36 Å². The van der Waals surface area contributed by atoms with Crippen molar-refractivity contribution in [3.63, 3.8) is 0 Å². The average Bonchev–Trinajstić information content (AvgIpc) is 3.09. The summed E-state index contributed by atoms with van der Waals surface area (Å²) in [6, 6.07) is 3.34. The number of halogens is 4. The fourth-order valence-corrected chi connectivity index (χ4v) is 3.02. The molecule has 3 rings (SSSR count). The first kappa shape index (κ1) is 16.7. The molecular weight excluding hydrogens is 328 g/mol. The molecule has 24 heavy (non-hydrogen) atoms. The number of aromatic nitrogens is 3. The van der Waals surface area contributed by atoms with Gasteiger partial charge in [0.15, 0.2) is 0 Å². The first-order chi connectivity index (χ1) is 11.3. The summed E-state index contributed by atoms with van der Waals surface area (Å²) in [6.45, 7) is 0.646. The molecule has 0 aliphatic carbocycles. The molecule has 1 aromatic carbocycles. The van der Waals surface area contributed by atoms with Crippen LogP contribution in [0.15, 0.2) is 24.5 Å². The number of likely N-dealkylation sites (tertiary alicyclic amines) is 1. The molecule has 0 bridgehead atoms. The lowest BCUT2D eigenvalue weighted by atomic mass is 10.1. The number of aryl methyl sites for hydroxylation is 1. The van der Waals surface area contributed by atoms with Gasteiger partial charge in [-0.15, -0.1) is 23.4 Å². The third-order valence-corrected chi connectivity index (χ3v) is 4.07.